The van der Waals surface area contributed by atoms with Crippen LogP contribution in [0.15, 0.2) is 48.5 Å². The second kappa shape index (κ2) is 7.79. The molecule has 0 aliphatic heterocycles. The monoisotopic (exact) mass is 342 g/mol. The summed E-state index contributed by atoms with van der Waals surface area (Å²) in [6, 6.07) is 14.1. The molecule has 4 heteroatoms. The molecule has 2 aromatic rings. The fourth-order valence-corrected chi connectivity index (χ4v) is 2.70. The van der Waals surface area contributed by atoms with E-state index in [4.69, 9.17) is 0 Å². The van der Waals surface area contributed by atoms with Gasteiger partial charge in [0.25, 0.3) is 5.91 Å². The van der Waals surface area contributed by atoms with Gasteiger partial charge in [-0.05, 0) is 54.9 Å². The van der Waals surface area contributed by atoms with Crippen LogP contribution in [-0.2, 0) is 5.41 Å². The number of amides is 1. The Balaban J connectivity index is 2.05. The third-order valence-electron chi connectivity index (χ3n) is 4.35. The van der Waals surface area contributed by atoms with Crippen LogP contribution in [0.5, 0.6) is 0 Å². The van der Waals surface area contributed by atoms with Crippen LogP contribution in [0.2, 0.25) is 0 Å². The Kier molecular flexibility index (Phi) is 5.96. The fraction of sp³-hybridized carbons (Fsp3) is 0.381. The maximum atomic E-state index is 13.1. The molecule has 3 nitrogen and oxygen atoms in total. The molecule has 25 heavy (non-hydrogen) atoms. The van der Waals surface area contributed by atoms with Gasteiger partial charge in [0.1, 0.15) is 5.82 Å². The molecule has 0 saturated carbocycles. The van der Waals surface area contributed by atoms with E-state index in [9.17, 15) is 9.18 Å². The summed E-state index contributed by atoms with van der Waals surface area (Å²) < 4.78 is 13.1. The summed E-state index contributed by atoms with van der Waals surface area (Å²) >= 11 is 0. The van der Waals surface area contributed by atoms with Gasteiger partial charge < -0.3 is 10.2 Å². The van der Waals surface area contributed by atoms with Gasteiger partial charge >= 0.3 is 0 Å². The van der Waals surface area contributed by atoms with Crippen molar-refractivity contribution < 1.29 is 9.18 Å². The molecule has 1 amide bonds. The zero-order valence-electron chi connectivity index (χ0n) is 15.6. The molecular weight excluding hydrogens is 315 g/mol. The van der Waals surface area contributed by atoms with Crippen LogP contribution in [-0.4, -0.2) is 31.4 Å². The highest BCUT2D eigenvalue weighted by atomic mass is 19.1. The predicted molar refractivity (Wildman–Crippen MR) is 100 cm³/mol. The molecule has 0 aromatic heterocycles. The Morgan fingerprint density at radius 3 is 2.08 bits per heavy atom. The average Bonchev–Trinajstić information content (AvgIpc) is 2.55. The van der Waals surface area contributed by atoms with Gasteiger partial charge in [-0.15, -0.1) is 0 Å². The second-order valence-electron chi connectivity index (χ2n) is 7.57. The molecule has 0 aliphatic rings. The maximum absolute atomic E-state index is 13.1. The van der Waals surface area contributed by atoms with Crippen LogP contribution >= 0.6 is 0 Å². The number of hydrogen-bond acceptors (Lipinski definition) is 2. The third-order valence-corrected chi connectivity index (χ3v) is 4.35. The second-order valence-corrected chi connectivity index (χ2v) is 7.57. The summed E-state index contributed by atoms with van der Waals surface area (Å²) in [7, 11) is 3.89. The largest absolute Gasteiger partial charge is 0.350 e. The van der Waals surface area contributed by atoms with Crippen molar-refractivity contribution in [1.29, 1.82) is 0 Å². The zero-order chi connectivity index (χ0) is 18.6. The molecule has 1 atom stereocenters. The van der Waals surface area contributed by atoms with Gasteiger partial charge in [0.05, 0.1) is 6.04 Å². The molecule has 0 unspecified atom stereocenters. The SMILES string of the molecule is CN(C)[C@H](CNC(=O)c1ccc(C(C)(C)C)cc1)c1ccc(F)cc1. The van der Waals surface area contributed by atoms with Crippen LogP contribution in [0.25, 0.3) is 0 Å². The maximum Gasteiger partial charge on any atom is 0.251 e. The predicted octanol–water partition coefficient (Wildman–Crippen LogP) is 4.16. The quantitative estimate of drug-likeness (QED) is 0.885. The van der Waals surface area contributed by atoms with E-state index in [0.717, 1.165) is 5.56 Å². The lowest BCUT2D eigenvalue weighted by Crippen LogP contribution is -2.34. The summed E-state index contributed by atoms with van der Waals surface area (Å²) in [4.78, 5) is 14.4. The standard InChI is InChI=1S/C21H27FN2O/c1-21(2,3)17-10-6-16(7-11-17)20(25)23-14-19(24(4)5)15-8-12-18(22)13-9-15/h6-13,19H,14H2,1-5H3,(H,23,25)/t19-/m1/s1. The lowest BCUT2D eigenvalue weighted by atomic mass is 9.87. The molecule has 0 saturated heterocycles. The molecule has 0 radical (unpaired) electrons. The average molecular weight is 342 g/mol. The Morgan fingerprint density at radius 1 is 1.04 bits per heavy atom. The first kappa shape index (κ1) is 19.1. The van der Waals surface area contributed by atoms with Crippen LogP contribution in [0.4, 0.5) is 4.39 Å². The molecule has 0 fully saturated rings. The van der Waals surface area contributed by atoms with E-state index in [1.165, 1.54) is 17.7 Å². The minimum atomic E-state index is -0.260. The van der Waals surface area contributed by atoms with E-state index < -0.39 is 0 Å². The highest BCUT2D eigenvalue weighted by Gasteiger charge is 2.17. The number of likely N-dealkylation sites (N-methyl/N-ethyl adjacent to an activating group) is 1. The van der Waals surface area contributed by atoms with E-state index >= 15 is 0 Å². The highest BCUT2D eigenvalue weighted by Crippen LogP contribution is 2.22. The summed E-state index contributed by atoms with van der Waals surface area (Å²) in [6.45, 7) is 6.89. The van der Waals surface area contributed by atoms with Crippen LogP contribution < -0.4 is 5.32 Å². The first-order chi connectivity index (χ1) is 11.7. The van der Waals surface area contributed by atoms with Gasteiger partial charge in [0.15, 0.2) is 0 Å². The minimum Gasteiger partial charge on any atom is -0.350 e. The number of carbonyl (C=O) groups excluding carboxylic acids is 1. The Bertz CT molecular complexity index is 700. The number of halogens is 1. The Hall–Kier alpha value is -2.20. The van der Waals surface area contributed by atoms with Gasteiger partial charge in [-0.25, -0.2) is 4.39 Å². The van der Waals surface area contributed by atoms with E-state index in [-0.39, 0.29) is 23.2 Å². The Labute approximate surface area is 149 Å². The van der Waals surface area contributed by atoms with E-state index in [2.05, 4.69) is 26.1 Å². The van der Waals surface area contributed by atoms with Crippen molar-refractivity contribution in [1.82, 2.24) is 10.2 Å². The molecule has 0 aliphatic carbocycles. The summed E-state index contributed by atoms with van der Waals surface area (Å²) in [5.41, 5.74) is 2.87. The summed E-state index contributed by atoms with van der Waals surface area (Å²) in [5, 5.41) is 2.98. The highest BCUT2D eigenvalue weighted by molar-refractivity contribution is 5.94. The van der Waals surface area contributed by atoms with Gasteiger partial charge in [-0.1, -0.05) is 45.0 Å². The van der Waals surface area contributed by atoms with Gasteiger partial charge in [0, 0.05) is 12.1 Å². The summed E-state index contributed by atoms with van der Waals surface area (Å²) in [5.74, 6) is -0.362. The smallest absolute Gasteiger partial charge is 0.251 e. The molecule has 0 spiro atoms. The first-order valence-electron chi connectivity index (χ1n) is 8.49. The normalized spacial score (nSPS) is 12.9. The molecule has 2 aromatic carbocycles. The summed E-state index contributed by atoms with van der Waals surface area (Å²) in [6.07, 6.45) is 0. The van der Waals surface area contributed by atoms with Crippen molar-refractivity contribution in [3.63, 3.8) is 0 Å². The molecule has 1 N–H and O–H groups in total. The van der Waals surface area contributed by atoms with Crippen molar-refractivity contribution in [3.05, 3.63) is 71.0 Å². The molecule has 0 bridgehead atoms. The molecule has 134 valence electrons. The number of nitrogens with zero attached hydrogens (tertiary/aromatic N) is 1. The third kappa shape index (κ3) is 5.13. The fourth-order valence-electron chi connectivity index (χ4n) is 2.70. The molecule has 2 rings (SSSR count). The number of carbonyl (C=O) groups is 1. The van der Waals surface area contributed by atoms with E-state index in [0.29, 0.717) is 12.1 Å². The van der Waals surface area contributed by atoms with Crippen LogP contribution in [0, 0.1) is 5.82 Å². The van der Waals surface area contributed by atoms with Crippen molar-refractivity contribution in [3.8, 4) is 0 Å². The van der Waals surface area contributed by atoms with Crippen LogP contribution in [0.1, 0.15) is 48.3 Å². The molecular formula is C21H27FN2O. The Morgan fingerprint density at radius 2 is 1.60 bits per heavy atom. The van der Waals surface area contributed by atoms with Crippen LogP contribution in [0.3, 0.4) is 0 Å². The van der Waals surface area contributed by atoms with Crippen molar-refractivity contribution in [2.24, 2.45) is 0 Å². The van der Waals surface area contributed by atoms with Crippen molar-refractivity contribution in [2.75, 3.05) is 20.6 Å². The lowest BCUT2D eigenvalue weighted by molar-refractivity contribution is 0.0942. The number of rotatable bonds is 5. The van der Waals surface area contributed by atoms with E-state index in [1.807, 2.05) is 43.3 Å². The number of hydrogen-bond donors (Lipinski definition) is 1. The van der Waals surface area contributed by atoms with Crippen molar-refractivity contribution >= 4 is 5.91 Å². The van der Waals surface area contributed by atoms with Gasteiger partial charge in [0.2, 0.25) is 0 Å². The topological polar surface area (TPSA) is 32.3 Å². The number of benzene rings is 2. The van der Waals surface area contributed by atoms with Gasteiger partial charge in [-0.3, -0.25) is 4.79 Å². The first-order valence-corrected chi connectivity index (χ1v) is 8.49. The van der Waals surface area contributed by atoms with Crippen molar-refractivity contribution in [2.45, 2.75) is 32.2 Å². The molecule has 0 heterocycles. The zero-order valence-corrected chi connectivity index (χ0v) is 15.6. The van der Waals surface area contributed by atoms with Gasteiger partial charge in [-0.2, -0.15) is 0 Å². The minimum absolute atomic E-state index is 0.0154. The van der Waals surface area contributed by atoms with E-state index in [1.54, 1.807) is 12.1 Å². The number of nitrogens with one attached hydrogen (secondary N) is 1. The lowest BCUT2D eigenvalue weighted by Gasteiger charge is -2.25.